The van der Waals surface area contributed by atoms with Gasteiger partial charge in [-0.1, -0.05) is 35.0 Å². The number of aryl methyl sites for hydroxylation is 2. The summed E-state index contributed by atoms with van der Waals surface area (Å²) in [5, 5.41) is 10.2. The lowest BCUT2D eigenvalue weighted by Gasteiger charge is -2.09. The largest absolute Gasteiger partial charge is 0.366 e. The lowest BCUT2D eigenvalue weighted by Crippen LogP contribution is -2.16. The van der Waals surface area contributed by atoms with Gasteiger partial charge in [-0.05, 0) is 25.5 Å². The van der Waals surface area contributed by atoms with Crippen LogP contribution in [0.2, 0.25) is 5.02 Å². The van der Waals surface area contributed by atoms with Gasteiger partial charge in [-0.2, -0.15) is 0 Å². The highest BCUT2D eigenvalue weighted by Crippen LogP contribution is 2.17. The zero-order valence-electron chi connectivity index (χ0n) is 13.7. The van der Waals surface area contributed by atoms with Crippen LogP contribution in [0.4, 0.5) is 11.6 Å². The van der Waals surface area contributed by atoms with Crippen molar-refractivity contribution in [1.29, 1.82) is 0 Å². The van der Waals surface area contributed by atoms with E-state index in [9.17, 15) is 4.79 Å². The molecule has 25 heavy (non-hydrogen) atoms. The molecule has 2 N–H and O–H groups in total. The van der Waals surface area contributed by atoms with Crippen LogP contribution in [-0.4, -0.2) is 21.0 Å². The number of hydrogen-bond donors (Lipinski definition) is 2. The highest BCUT2D eigenvalue weighted by Gasteiger charge is 2.13. The Hall–Kier alpha value is -2.93. The second-order valence-corrected chi connectivity index (χ2v) is 5.81. The highest BCUT2D eigenvalue weighted by atomic mass is 35.5. The molecule has 128 valence electrons. The Kier molecular flexibility index (Phi) is 4.95. The maximum Gasteiger partial charge on any atom is 0.275 e. The van der Waals surface area contributed by atoms with E-state index in [-0.39, 0.29) is 11.6 Å². The average Bonchev–Trinajstić information content (AvgIpc) is 2.98. The van der Waals surface area contributed by atoms with E-state index in [0.717, 1.165) is 5.56 Å². The smallest absolute Gasteiger partial charge is 0.275 e. The molecule has 0 aliphatic carbocycles. The molecule has 1 amide bonds. The summed E-state index contributed by atoms with van der Waals surface area (Å²) in [6.45, 7) is 3.95. The zero-order valence-corrected chi connectivity index (χ0v) is 14.5. The van der Waals surface area contributed by atoms with Crippen LogP contribution >= 0.6 is 11.6 Å². The minimum atomic E-state index is -0.389. The first-order chi connectivity index (χ1) is 12.0. The number of nitrogens with zero attached hydrogens (tertiary/aromatic N) is 3. The summed E-state index contributed by atoms with van der Waals surface area (Å²) in [5.74, 6) is 1.57. The van der Waals surface area contributed by atoms with Crippen LogP contribution < -0.4 is 10.6 Å². The van der Waals surface area contributed by atoms with Crippen LogP contribution in [0.3, 0.4) is 0 Å². The molecule has 2 aromatic heterocycles. The first kappa shape index (κ1) is 16.9. The molecule has 8 heteroatoms. The molecular weight excluding hydrogens is 342 g/mol. The molecule has 0 saturated carbocycles. The van der Waals surface area contributed by atoms with Crippen LogP contribution in [0.15, 0.2) is 40.9 Å². The third kappa shape index (κ3) is 4.33. The number of nitrogens with one attached hydrogen (secondary N) is 2. The van der Waals surface area contributed by atoms with E-state index < -0.39 is 0 Å². The molecule has 0 radical (unpaired) electrons. The van der Waals surface area contributed by atoms with Gasteiger partial charge in [0.2, 0.25) is 0 Å². The molecule has 2 heterocycles. The number of carbonyl (C=O) groups is 1. The Balaban J connectivity index is 1.73. The van der Waals surface area contributed by atoms with Crippen molar-refractivity contribution in [3.05, 3.63) is 64.3 Å². The fraction of sp³-hybridized carbons (Fsp3) is 0.176. The van der Waals surface area contributed by atoms with E-state index in [4.69, 9.17) is 16.1 Å². The van der Waals surface area contributed by atoms with Gasteiger partial charge in [-0.25, -0.2) is 9.97 Å². The second kappa shape index (κ2) is 7.31. The summed E-state index contributed by atoms with van der Waals surface area (Å²) in [5.41, 5.74) is 1.17. The molecule has 1 aromatic carbocycles. The van der Waals surface area contributed by atoms with E-state index in [2.05, 4.69) is 25.8 Å². The predicted molar refractivity (Wildman–Crippen MR) is 94.7 cm³/mol. The third-order valence-corrected chi connectivity index (χ3v) is 3.73. The number of hydrogen-bond acceptors (Lipinski definition) is 6. The molecule has 0 spiro atoms. The maximum absolute atomic E-state index is 12.3. The first-order valence-electron chi connectivity index (χ1n) is 7.59. The van der Waals surface area contributed by atoms with Gasteiger partial charge in [0.15, 0.2) is 5.82 Å². The number of anilines is 2. The van der Waals surface area contributed by atoms with Gasteiger partial charge in [-0.3, -0.25) is 4.79 Å². The van der Waals surface area contributed by atoms with Gasteiger partial charge >= 0.3 is 0 Å². The Morgan fingerprint density at radius 3 is 2.68 bits per heavy atom. The van der Waals surface area contributed by atoms with Crippen molar-refractivity contribution in [2.75, 3.05) is 10.6 Å². The topological polar surface area (TPSA) is 92.9 Å². The third-order valence-electron chi connectivity index (χ3n) is 3.36. The number of aromatic nitrogens is 3. The van der Waals surface area contributed by atoms with Crippen molar-refractivity contribution in [3.8, 4) is 0 Å². The maximum atomic E-state index is 12.3. The Morgan fingerprint density at radius 2 is 1.96 bits per heavy atom. The number of amides is 1. The van der Waals surface area contributed by atoms with E-state index in [1.807, 2.05) is 24.3 Å². The van der Waals surface area contributed by atoms with Gasteiger partial charge in [0.25, 0.3) is 5.91 Å². The Morgan fingerprint density at radius 1 is 1.16 bits per heavy atom. The summed E-state index contributed by atoms with van der Waals surface area (Å²) in [7, 11) is 0. The fourth-order valence-electron chi connectivity index (χ4n) is 2.21. The monoisotopic (exact) mass is 357 g/mol. The Bertz CT molecular complexity index is 910. The van der Waals surface area contributed by atoms with Gasteiger partial charge in [0.05, 0.1) is 0 Å². The molecule has 0 atom stereocenters. The predicted octanol–water partition coefficient (Wildman–Crippen LogP) is 3.60. The minimum absolute atomic E-state index is 0.231. The molecule has 0 aliphatic heterocycles. The molecule has 0 unspecified atom stereocenters. The summed E-state index contributed by atoms with van der Waals surface area (Å²) >= 11 is 6.14. The quantitative estimate of drug-likeness (QED) is 0.724. The molecule has 0 aliphatic rings. The van der Waals surface area contributed by atoms with Crippen LogP contribution in [0.5, 0.6) is 0 Å². The summed E-state index contributed by atoms with van der Waals surface area (Å²) in [6, 6.07) is 10.7. The second-order valence-electron chi connectivity index (χ2n) is 5.41. The first-order valence-corrected chi connectivity index (χ1v) is 7.96. The van der Waals surface area contributed by atoms with Gasteiger partial charge in [0.1, 0.15) is 23.1 Å². The number of carbonyl (C=O) groups excluding carboxylic acids is 1. The van der Waals surface area contributed by atoms with Gasteiger partial charge in [-0.15, -0.1) is 0 Å². The van der Waals surface area contributed by atoms with Crippen molar-refractivity contribution < 1.29 is 9.32 Å². The van der Waals surface area contributed by atoms with Crippen molar-refractivity contribution in [2.45, 2.75) is 20.4 Å². The molecule has 0 bridgehead atoms. The summed E-state index contributed by atoms with van der Waals surface area (Å²) in [4.78, 5) is 20.8. The van der Waals surface area contributed by atoms with E-state index in [0.29, 0.717) is 34.8 Å². The summed E-state index contributed by atoms with van der Waals surface area (Å²) in [6.07, 6.45) is 0. The molecule has 3 rings (SSSR count). The average molecular weight is 358 g/mol. The zero-order chi connectivity index (χ0) is 17.8. The highest BCUT2D eigenvalue weighted by molar-refractivity contribution is 6.31. The number of rotatable bonds is 5. The van der Waals surface area contributed by atoms with Crippen molar-refractivity contribution in [2.24, 2.45) is 0 Å². The van der Waals surface area contributed by atoms with Crippen molar-refractivity contribution >= 4 is 29.1 Å². The van der Waals surface area contributed by atoms with Crippen LogP contribution in [-0.2, 0) is 6.54 Å². The Labute approximate surface area is 149 Å². The lowest BCUT2D eigenvalue weighted by atomic mass is 10.2. The number of benzene rings is 1. The molecular formula is C17H16ClN5O2. The van der Waals surface area contributed by atoms with Crippen molar-refractivity contribution in [3.63, 3.8) is 0 Å². The SMILES string of the molecule is Cc1nc(NCc2ccccc2Cl)cc(C(=O)Nc2cc(C)on2)n1. The lowest BCUT2D eigenvalue weighted by molar-refractivity contribution is 0.102. The van der Waals surface area contributed by atoms with Crippen LogP contribution in [0.1, 0.15) is 27.6 Å². The molecule has 3 aromatic rings. The number of halogens is 1. The molecule has 0 fully saturated rings. The molecule has 7 nitrogen and oxygen atoms in total. The minimum Gasteiger partial charge on any atom is -0.366 e. The summed E-state index contributed by atoms with van der Waals surface area (Å²) < 4.78 is 4.93. The van der Waals surface area contributed by atoms with Gasteiger partial charge < -0.3 is 15.2 Å². The normalized spacial score (nSPS) is 10.5. The fourth-order valence-corrected chi connectivity index (χ4v) is 2.41. The van der Waals surface area contributed by atoms with Crippen molar-refractivity contribution in [1.82, 2.24) is 15.1 Å². The van der Waals surface area contributed by atoms with E-state index in [1.54, 1.807) is 26.0 Å². The van der Waals surface area contributed by atoms with E-state index >= 15 is 0 Å². The van der Waals surface area contributed by atoms with E-state index in [1.165, 1.54) is 0 Å². The van der Waals surface area contributed by atoms with Crippen LogP contribution in [0, 0.1) is 13.8 Å². The van der Waals surface area contributed by atoms with Crippen LogP contribution in [0.25, 0.3) is 0 Å². The molecule has 0 saturated heterocycles. The standard InChI is InChI=1S/C17H16ClN5O2/c1-10-7-16(23-25-10)22-17(24)14-8-15(21-11(2)20-14)19-9-12-5-3-4-6-13(12)18/h3-8H,9H2,1-2H3,(H,19,20,21)(H,22,23,24). The van der Waals surface area contributed by atoms with Gasteiger partial charge in [0, 0.05) is 23.7 Å².